The molecule has 9 nitrogen and oxygen atoms in total. The first-order valence-corrected chi connectivity index (χ1v) is 10.6. The van der Waals surface area contributed by atoms with Crippen molar-refractivity contribution < 1.29 is 4.79 Å². The topological polar surface area (TPSA) is 131 Å². The van der Waals surface area contributed by atoms with E-state index in [2.05, 4.69) is 26.3 Å². The van der Waals surface area contributed by atoms with Crippen LogP contribution < -0.4 is 27.1 Å². The highest BCUT2D eigenvalue weighted by molar-refractivity contribution is 5.98. The van der Waals surface area contributed by atoms with Crippen LogP contribution in [0.3, 0.4) is 0 Å². The summed E-state index contributed by atoms with van der Waals surface area (Å²) in [6, 6.07) is 0.207. The number of dihydropyridines is 2. The van der Waals surface area contributed by atoms with E-state index in [1.54, 1.807) is 11.2 Å². The number of amides is 2. The van der Waals surface area contributed by atoms with Crippen LogP contribution in [0.1, 0.15) is 32.1 Å². The molecule has 0 aromatic carbocycles. The average molecular weight is 411 g/mol. The molecule has 7 N–H and O–H groups in total. The molecule has 2 unspecified atom stereocenters. The van der Waals surface area contributed by atoms with Crippen molar-refractivity contribution in [3.05, 3.63) is 47.1 Å². The number of hydrogen-bond donors (Lipinski definition) is 6. The molecule has 160 valence electrons. The predicted molar refractivity (Wildman–Crippen MR) is 118 cm³/mol. The van der Waals surface area contributed by atoms with Gasteiger partial charge in [0.15, 0.2) is 0 Å². The Balaban J connectivity index is 1.37. The fourth-order valence-corrected chi connectivity index (χ4v) is 4.18. The summed E-state index contributed by atoms with van der Waals surface area (Å²) in [6.45, 7) is 1.65. The fourth-order valence-electron chi connectivity index (χ4n) is 4.18. The zero-order valence-electron chi connectivity index (χ0n) is 17.0. The summed E-state index contributed by atoms with van der Waals surface area (Å²) in [5.74, 6) is 6.45. The number of aliphatic imine (C=N–C) groups is 1. The Kier molecular flexibility index (Phi) is 6.29. The van der Waals surface area contributed by atoms with Crippen molar-refractivity contribution in [2.24, 2.45) is 10.8 Å². The first-order chi connectivity index (χ1) is 14.6. The molecule has 0 spiro atoms. The highest BCUT2D eigenvalue weighted by atomic mass is 16.2. The highest BCUT2D eigenvalue weighted by Crippen LogP contribution is 2.21. The lowest BCUT2D eigenvalue weighted by Gasteiger charge is -2.26. The Labute approximate surface area is 176 Å². The van der Waals surface area contributed by atoms with Gasteiger partial charge >= 0.3 is 6.03 Å². The number of nitrogens with zero attached hydrogens (tertiary/aromatic N) is 2. The minimum absolute atomic E-state index is 0.161. The molecule has 1 saturated carbocycles. The number of rotatable bonds is 6. The number of nitrogens with one attached hydrogen (secondary N) is 5. The van der Waals surface area contributed by atoms with Crippen LogP contribution in [0.5, 0.6) is 0 Å². The molecule has 2 fully saturated rings. The van der Waals surface area contributed by atoms with Crippen molar-refractivity contribution in [1.82, 2.24) is 26.3 Å². The van der Waals surface area contributed by atoms with Gasteiger partial charge in [-0.1, -0.05) is 12.8 Å². The van der Waals surface area contributed by atoms with Gasteiger partial charge in [-0.2, -0.15) is 0 Å². The van der Waals surface area contributed by atoms with Crippen molar-refractivity contribution in [3.63, 3.8) is 0 Å². The maximum atomic E-state index is 12.3. The largest absolute Gasteiger partial charge is 0.386 e. The number of carbonyl (C=O) groups is 1. The second kappa shape index (κ2) is 9.27. The van der Waals surface area contributed by atoms with E-state index in [4.69, 9.17) is 11.3 Å². The van der Waals surface area contributed by atoms with Gasteiger partial charge in [-0.25, -0.2) is 9.80 Å². The van der Waals surface area contributed by atoms with Crippen LogP contribution >= 0.6 is 0 Å². The lowest BCUT2D eigenvalue weighted by Crippen LogP contribution is -2.46. The molecule has 0 bridgehead atoms. The summed E-state index contributed by atoms with van der Waals surface area (Å²) in [5, 5.41) is 22.2. The molecule has 4 rings (SSSR count). The molecule has 2 atom stereocenters. The van der Waals surface area contributed by atoms with Gasteiger partial charge in [0.2, 0.25) is 0 Å². The summed E-state index contributed by atoms with van der Waals surface area (Å²) in [4.78, 5) is 16.8. The molecule has 1 aliphatic carbocycles. The molecule has 0 aromatic heterocycles. The van der Waals surface area contributed by atoms with Crippen LogP contribution in [-0.4, -0.2) is 54.7 Å². The SMILES string of the molecule is N=C/C(=C\NC1CCN(N)C1)C1=CC2NC(NC(=O)NC3CCCC3)=CC=C2N=C1. The molecule has 9 heteroatoms. The van der Waals surface area contributed by atoms with Crippen LogP contribution in [0, 0.1) is 5.41 Å². The quantitative estimate of drug-likeness (QED) is 0.287. The molecule has 1 saturated heterocycles. The van der Waals surface area contributed by atoms with Crippen LogP contribution in [0.4, 0.5) is 4.79 Å². The van der Waals surface area contributed by atoms with Crippen LogP contribution in [0.15, 0.2) is 52.1 Å². The van der Waals surface area contributed by atoms with Gasteiger partial charge in [-0.3, -0.25) is 16.2 Å². The smallest absolute Gasteiger partial charge is 0.320 e. The maximum absolute atomic E-state index is 12.3. The second-order valence-electron chi connectivity index (χ2n) is 8.15. The third kappa shape index (κ3) is 4.98. The third-order valence-electron chi connectivity index (χ3n) is 5.87. The maximum Gasteiger partial charge on any atom is 0.320 e. The zero-order valence-corrected chi connectivity index (χ0v) is 17.0. The first-order valence-electron chi connectivity index (χ1n) is 10.6. The lowest BCUT2D eigenvalue weighted by atomic mass is 10.00. The summed E-state index contributed by atoms with van der Waals surface area (Å²) in [6.07, 6.45) is 16.1. The van der Waals surface area contributed by atoms with Gasteiger partial charge in [0.25, 0.3) is 0 Å². The minimum atomic E-state index is -0.184. The van der Waals surface area contributed by atoms with Crippen molar-refractivity contribution in [2.75, 3.05) is 13.1 Å². The number of fused-ring (bicyclic) bond motifs is 1. The van der Waals surface area contributed by atoms with E-state index in [0.29, 0.717) is 5.82 Å². The number of carbonyl (C=O) groups excluding carboxylic acids is 1. The number of hydrogen-bond acceptors (Lipinski definition) is 7. The van der Waals surface area contributed by atoms with Gasteiger partial charge in [-0.15, -0.1) is 0 Å². The lowest BCUT2D eigenvalue weighted by molar-refractivity contribution is 0.239. The minimum Gasteiger partial charge on any atom is -0.386 e. The molecular formula is C21H30N8O. The molecule has 2 amide bonds. The van der Waals surface area contributed by atoms with E-state index in [-0.39, 0.29) is 24.2 Å². The Hall–Kier alpha value is -2.91. The molecular weight excluding hydrogens is 380 g/mol. The Morgan fingerprint density at radius 1 is 1.27 bits per heavy atom. The summed E-state index contributed by atoms with van der Waals surface area (Å²) >= 11 is 0. The van der Waals surface area contributed by atoms with Gasteiger partial charge in [0.05, 0.1) is 11.7 Å². The Morgan fingerprint density at radius 3 is 2.83 bits per heavy atom. The van der Waals surface area contributed by atoms with Crippen LogP contribution in [0.2, 0.25) is 0 Å². The standard InChI is InChI=1S/C21H30N8O/c22-10-15(12-24-17-7-8-29(23)13-17)14-9-19-18(25-11-14)5-6-20(27-19)28-21(30)26-16-3-1-2-4-16/h5-6,9-12,16-17,19,22,24,27H,1-4,7-8,13,23H2,(H2,26,28,30)/b15-12+,22-10?. The summed E-state index contributed by atoms with van der Waals surface area (Å²) in [5.41, 5.74) is 2.47. The number of allylic oxidation sites excluding steroid dienone is 4. The predicted octanol–water partition coefficient (Wildman–Crippen LogP) is 1.01. The average Bonchev–Trinajstić information content (AvgIpc) is 3.39. The fraction of sp³-hybridized carbons (Fsp3) is 0.476. The third-order valence-corrected chi connectivity index (χ3v) is 5.87. The van der Waals surface area contributed by atoms with E-state index in [0.717, 1.165) is 49.2 Å². The Bertz CT molecular complexity index is 834. The van der Waals surface area contributed by atoms with Crippen molar-refractivity contribution in [1.29, 1.82) is 5.41 Å². The monoisotopic (exact) mass is 410 g/mol. The van der Waals surface area contributed by atoms with E-state index in [9.17, 15) is 4.79 Å². The molecule has 3 aliphatic heterocycles. The molecule has 4 aliphatic rings. The van der Waals surface area contributed by atoms with E-state index >= 15 is 0 Å². The zero-order chi connectivity index (χ0) is 20.9. The number of nitrogens with two attached hydrogens (primary N) is 1. The van der Waals surface area contributed by atoms with Crippen LogP contribution in [-0.2, 0) is 0 Å². The van der Waals surface area contributed by atoms with Gasteiger partial charge in [0, 0.05) is 54.9 Å². The second-order valence-corrected chi connectivity index (χ2v) is 8.15. The van der Waals surface area contributed by atoms with Crippen molar-refractivity contribution >= 4 is 18.5 Å². The molecule has 0 aromatic rings. The number of hydrazine groups is 1. The summed E-state index contributed by atoms with van der Waals surface area (Å²) < 4.78 is 0. The first kappa shape index (κ1) is 20.4. The van der Waals surface area contributed by atoms with Gasteiger partial charge in [-0.05, 0) is 37.5 Å². The summed E-state index contributed by atoms with van der Waals surface area (Å²) in [7, 11) is 0. The van der Waals surface area contributed by atoms with Crippen molar-refractivity contribution in [3.8, 4) is 0 Å². The molecule has 30 heavy (non-hydrogen) atoms. The van der Waals surface area contributed by atoms with E-state index in [1.165, 1.54) is 19.1 Å². The Morgan fingerprint density at radius 2 is 2.10 bits per heavy atom. The molecule has 3 heterocycles. The van der Waals surface area contributed by atoms with Crippen LogP contribution in [0.25, 0.3) is 0 Å². The van der Waals surface area contributed by atoms with Crippen molar-refractivity contribution in [2.45, 2.75) is 50.2 Å². The molecule has 0 radical (unpaired) electrons. The van der Waals surface area contributed by atoms with E-state index < -0.39 is 0 Å². The normalized spacial score (nSPS) is 26.8. The van der Waals surface area contributed by atoms with Gasteiger partial charge < -0.3 is 21.4 Å². The van der Waals surface area contributed by atoms with Gasteiger partial charge in [0.1, 0.15) is 5.82 Å². The van der Waals surface area contributed by atoms with E-state index in [1.807, 2.05) is 24.4 Å². The highest BCUT2D eigenvalue weighted by Gasteiger charge is 2.23. The number of urea groups is 1.